The van der Waals surface area contributed by atoms with Crippen molar-refractivity contribution in [1.29, 1.82) is 0 Å². The number of rotatable bonds is 7. The normalized spacial score (nSPS) is 18.7. The Morgan fingerprint density at radius 3 is 2.79 bits per heavy atom. The monoisotopic (exact) mass is 534 g/mol. The molecule has 1 amide bonds. The molecule has 0 saturated carbocycles. The van der Waals surface area contributed by atoms with Crippen LogP contribution in [-0.2, 0) is 20.1 Å². The van der Waals surface area contributed by atoms with E-state index >= 15 is 0 Å². The minimum atomic E-state index is -4.55. The van der Waals surface area contributed by atoms with Gasteiger partial charge < -0.3 is 24.6 Å². The van der Waals surface area contributed by atoms with Crippen molar-refractivity contribution in [3.05, 3.63) is 48.1 Å². The summed E-state index contributed by atoms with van der Waals surface area (Å²) in [6.45, 7) is -0.196. The highest BCUT2D eigenvalue weighted by molar-refractivity contribution is 5.96. The number of amides is 1. The van der Waals surface area contributed by atoms with Crippen LogP contribution in [0.3, 0.4) is 0 Å². The minimum Gasteiger partial charge on any atom is -0.379 e. The van der Waals surface area contributed by atoms with Crippen LogP contribution in [0.25, 0.3) is 22.4 Å². The van der Waals surface area contributed by atoms with E-state index in [4.69, 9.17) is 4.52 Å². The third-order valence-corrected chi connectivity index (χ3v) is 6.43. The van der Waals surface area contributed by atoms with E-state index < -0.39 is 36.7 Å². The van der Waals surface area contributed by atoms with E-state index in [1.165, 1.54) is 6.07 Å². The number of piperidine rings is 1. The van der Waals surface area contributed by atoms with E-state index in [0.29, 0.717) is 24.0 Å². The molecule has 0 bridgehead atoms. The van der Waals surface area contributed by atoms with Gasteiger partial charge in [-0.1, -0.05) is 11.2 Å². The second-order valence-corrected chi connectivity index (χ2v) is 9.42. The Labute approximate surface area is 214 Å². The lowest BCUT2D eigenvalue weighted by Gasteiger charge is -2.33. The maximum Gasteiger partial charge on any atom is 0.406 e. The molecule has 10 nitrogen and oxygen atoms in total. The molecule has 38 heavy (non-hydrogen) atoms. The first kappa shape index (κ1) is 25.7. The van der Waals surface area contributed by atoms with Gasteiger partial charge in [-0.2, -0.15) is 23.3 Å². The molecule has 3 aromatic heterocycles. The molecule has 0 aliphatic carbocycles. The van der Waals surface area contributed by atoms with Crippen LogP contribution in [0, 0.1) is 0 Å². The molecule has 1 saturated heterocycles. The Bertz CT molecular complexity index is 1440. The highest BCUT2D eigenvalue weighted by atomic mass is 19.4. The number of likely N-dealkylation sites (tertiary alicyclic amines) is 1. The SMILES string of the molecule is CN1CC[C@@H](Nc2cccc3c2cc(-c2noc(C(=O)NCc4cnn(C)c4)n2)n3CC(F)(F)F)[C@@H](F)C1. The molecule has 14 heteroatoms. The maximum absolute atomic E-state index is 14.7. The van der Waals surface area contributed by atoms with Gasteiger partial charge in [0.25, 0.3) is 0 Å². The Morgan fingerprint density at radius 1 is 1.26 bits per heavy atom. The third-order valence-electron chi connectivity index (χ3n) is 6.43. The molecule has 1 fully saturated rings. The van der Waals surface area contributed by atoms with Crippen molar-refractivity contribution in [2.45, 2.75) is 37.9 Å². The number of alkyl halides is 4. The Morgan fingerprint density at radius 2 is 2.08 bits per heavy atom. The van der Waals surface area contributed by atoms with E-state index in [1.807, 2.05) is 11.9 Å². The van der Waals surface area contributed by atoms with Crippen LogP contribution in [0.5, 0.6) is 0 Å². The van der Waals surface area contributed by atoms with Crippen LogP contribution < -0.4 is 10.6 Å². The van der Waals surface area contributed by atoms with Gasteiger partial charge in [-0.25, -0.2) is 4.39 Å². The maximum atomic E-state index is 14.7. The van der Waals surface area contributed by atoms with E-state index in [2.05, 4.69) is 25.9 Å². The number of aryl methyl sites for hydroxylation is 1. The fourth-order valence-electron chi connectivity index (χ4n) is 4.61. The second-order valence-electron chi connectivity index (χ2n) is 9.42. The van der Waals surface area contributed by atoms with Crippen molar-refractivity contribution >= 4 is 22.5 Å². The van der Waals surface area contributed by atoms with Crippen molar-refractivity contribution in [2.75, 3.05) is 25.5 Å². The zero-order chi connectivity index (χ0) is 27.0. The molecular formula is C24H26F4N8O2. The van der Waals surface area contributed by atoms with Gasteiger partial charge in [0, 0.05) is 49.5 Å². The lowest BCUT2D eigenvalue weighted by atomic mass is 10.0. The number of hydrogen-bond acceptors (Lipinski definition) is 7. The number of halogens is 4. The van der Waals surface area contributed by atoms with E-state index in [1.54, 1.807) is 42.3 Å². The van der Waals surface area contributed by atoms with Gasteiger partial charge >= 0.3 is 18.0 Å². The van der Waals surface area contributed by atoms with Crippen LogP contribution in [0.4, 0.5) is 23.2 Å². The molecular weight excluding hydrogens is 508 g/mol. The number of benzene rings is 1. The van der Waals surface area contributed by atoms with Gasteiger partial charge in [-0.3, -0.25) is 9.48 Å². The third kappa shape index (κ3) is 5.49. The molecule has 1 aliphatic rings. The number of carbonyl (C=O) groups is 1. The predicted molar refractivity (Wildman–Crippen MR) is 130 cm³/mol. The number of fused-ring (bicyclic) bond motifs is 1. The smallest absolute Gasteiger partial charge is 0.379 e. The molecule has 4 heterocycles. The molecule has 0 spiro atoms. The van der Waals surface area contributed by atoms with Crippen molar-refractivity contribution in [3.63, 3.8) is 0 Å². The van der Waals surface area contributed by atoms with Gasteiger partial charge in [0.1, 0.15) is 12.7 Å². The number of nitrogens with zero attached hydrogens (tertiary/aromatic N) is 6. The fourth-order valence-corrected chi connectivity index (χ4v) is 4.61. The van der Waals surface area contributed by atoms with Crippen molar-refractivity contribution in [2.24, 2.45) is 7.05 Å². The van der Waals surface area contributed by atoms with Crippen molar-refractivity contribution in [3.8, 4) is 11.5 Å². The predicted octanol–water partition coefficient (Wildman–Crippen LogP) is 3.37. The van der Waals surface area contributed by atoms with Gasteiger partial charge in [0.2, 0.25) is 5.82 Å². The van der Waals surface area contributed by atoms with Crippen LogP contribution in [0.2, 0.25) is 0 Å². The minimum absolute atomic E-state index is 0.0156. The molecule has 0 unspecified atom stereocenters. The summed E-state index contributed by atoms with van der Waals surface area (Å²) >= 11 is 0. The zero-order valence-electron chi connectivity index (χ0n) is 20.7. The lowest BCUT2D eigenvalue weighted by Crippen LogP contribution is -2.46. The van der Waals surface area contributed by atoms with Crippen LogP contribution in [0.15, 0.2) is 41.2 Å². The molecule has 2 atom stereocenters. The summed E-state index contributed by atoms with van der Waals surface area (Å²) in [6, 6.07) is 5.86. The summed E-state index contributed by atoms with van der Waals surface area (Å²) in [7, 11) is 3.58. The molecule has 1 aromatic carbocycles. The molecule has 2 N–H and O–H groups in total. The fraction of sp³-hybridized carbons (Fsp3) is 0.417. The first-order valence-corrected chi connectivity index (χ1v) is 12.0. The van der Waals surface area contributed by atoms with Gasteiger partial charge in [0.15, 0.2) is 0 Å². The molecule has 5 rings (SSSR count). The first-order valence-electron chi connectivity index (χ1n) is 12.0. The summed E-state index contributed by atoms with van der Waals surface area (Å²) in [5.41, 5.74) is 1.52. The highest BCUT2D eigenvalue weighted by Gasteiger charge is 2.32. The van der Waals surface area contributed by atoms with Crippen LogP contribution in [-0.4, -0.2) is 73.8 Å². The largest absolute Gasteiger partial charge is 0.406 e. The number of anilines is 1. The lowest BCUT2D eigenvalue weighted by molar-refractivity contribution is -0.139. The Kier molecular flexibility index (Phi) is 6.82. The standard InChI is InChI=1S/C24H26F4N8O2/c1-34-7-6-18(16(25)12-34)31-17-4-3-5-19-15(17)8-20(36(19)13-24(26,27)28)21-32-23(38-33-21)22(37)29-9-14-10-30-35(2)11-14/h3-5,8,10-11,16,18,31H,6-7,9,12-13H2,1-2H3,(H,29,37)/t16-,18+/m0/s1. The number of carbonyl (C=O) groups excluding carboxylic acids is 1. The number of nitrogens with one attached hydrogen (secondary N) is 2. The summed E-state index contributed by atoms with van der Waals surface area (Å²) in [5, 5.41) is 14.0. The molecule has 202 valence electrons. The quantitative estimate of drug-likeness (QED) is 0.350. The summed E-state index contributed by atoms with van der Waals surface area (Å²) < 4.78 is 63.1. The number of hydrogen-bond donors (Lipinski definition) is 2. The summed E-state index contributed by atoms with van der Waals surface area (Å²) in [6.07, 6.45) is -1.83. The average molecular weight is 535 g/mol. The van der Waals surface area contributed by atoms with Crippen molar-refractivity contribution < 1.29 is 26.9 Å². The first-order chi connectivity index (χ1) is 18.1. The Balaban J connectivity index is 1.45. The van der Waals surface area contributed by atoms with Gasteiger partial charge in [0.05, 0.1) is 23.4 Å². The van der Waals surface area contributed by atoms with E-state index in [9.17, 15) is 22.4 Å². The van der Waals surface area contributed by atoms with E-state index in [0.717, 1.165) is 10.1 Å². The van der Waals surface area contributed by atoms with Gasteiger partial charge in [-0.05, 0) is 31.7 Å². The molecule has 1 aliphatic heterocycles. The summed E-state index contributed by atoms with van der Waals surface area (Å²) in [4.78, 5) is 18.5. The van der Waals surface area contributed by atoms with Gasteiger partial charge in [-0.15, -0.1) is 0 Å². The number of aromatic nitrogens is 5. The van der Waals surface area contributed by atoms with Crippen LogP contribution in [0.1, 0.15) is 22.7 Å². The molecule has 0 radical (unpaired) electrons. The average Bonchev–Trinajstić information content (AvgIpc) is 3.58. The molecule has 4 aromatic rings. The Hall–Kier alpha value is -3.94. The zero-order valence-corrected chi connectivity index (χ0v) is 20.7. The highest BCUT2D eigenvalue weighted by Crippen LogP contribution is 2.35. The van der Waals surface area contributed by atoms with Crippen molar-refractivity contribution in [1.82, 2.24) is 34.7 Å². The topological polar surface area (TPSA) is 106 Å². The van der Waals surface area contributed by atoms with Crippen LogP contribution >= 0.6 is 0 Å². The second kappa shape index (κ2) is 10.1. The van der Waals surface area contributed by atoms with E-state index in [-0.39, 0.29) is 30.1 Å². The summed E-state index contributed by atoms with van der Waals surface area (Å²) in [5.74, 6) is -1.24.